The van der Waals surface area contributed by atoms with E-state index in [1.165, 1.54) is 51.4 Å². The number of primary amides is 4. The van der Waals surface area contributed by atoms with Crippen molar-refractivity contribution >= 4 is 47.5 Å². The molecule has 10 unspecified atom stereocenters. The third-order valence-corrected chi connectivity index (χ3v) is 10.0. The summed E-state index contributed by atoms with van der Waals surface area (Å²) in [5, 5.41) is 34.1. The lowest BCUT2D eigenvalue weighted by atomic mass is 9.87. The third kappa shape index (κ3) is 41.9. The highest BCUT2D eigenvalue weighted by Crippen LogP contribution is 2.21. The number of hydrogen-bond donors (Lipinski definition) is 8. The summed E-state index contributed by atoms with van der Waals surface area (Å²) in [5.74, 6) is -7.82. The van der Waals surface area contributed by atoms with E-state index in [-0.39, 0.29) is 47.3 Å². The molecule has 16 nitrogen and oxygen atoms in total. The molecule has 0 rings (SSSR count). The van der Waals surface area contributed by atoms with Crippen LogP contribution in [-0.2, 0) is 38.4 Å². The summed E-state index contributed by atoms with van der Waals surface area (Å²) >= 11 is 0. The Kier molecular flexibility index (Phi) is 42.1. The summed E-state index contributed by atoms with van der Waals surface area (Å²) in [5.41, 5.74) is 20.6. The van der Waals surface area contributed by atoms with Gasteiger partial charge in [0.25, 0.3) is 0 Å². The molecule has 0 aliphatic rings. The Morgan fingerprint density at radius 2 is 0.533 bits per heavy atom. The Morgan fingerprint density at radius 3 is 0.633 bits per heavy atom. The minimum Gasteiger partial charge on any atom is -0.481 e. The Labute approximate surface area is 360 Å². The van der Waals surface area contributed by atoms with Crippen molar-refractivity contribution < 1.29 is 58.8 Å². The maximum Gasteiger partial charge on any atom is 0.307 e. The van der Waals surface area contributed by atoms with Crippen LogP contribution >= 0.6 is 0 Å². The van der Waals surface area contributed by atoms with Crippen molar-refractivity contribution in [1.29, 1.82) is 0 Å². The van der Waals surface area contributed by atoms with E-state index in [0.717, 1.165) is 25.7 Å². The Bertz CT molecular complexity index is 1080. The van der Waals surface area contributed by atoms with E-state index < -0.39 is 48.6 Å². The highest BCUT2D eigenvalue weighted by molar-refractivity contribution is 5.86. The first-order valence-corrected chi connectivity index (χ1v) is 21.6. The topological polar surface area (TPSA) is 322 Å². The zero-order chi connectivity index (χ0) is 48.3. The highest BCUT2D eigenvalue weighted by atomic mass is 16.4. The predicted octanol–water partition coefficient (Wildman–Crippen LogP) is 7.07. The second-order valence-electron chi connectivity index (χ2n) is 16.8. The van der Waals surface area contributed by atoms with Crippen LogP contribution in [0, 0.1) is 59.2 Å². The molecule has 0 spiro atoms. The van der Waals surface area contributed by atoms with Crippen molar-refractivity contribution in [3.05, 3.63) is 0 Å². The largest absolute Gasteiger partial charge is 0.481 e. The zero-order valence-electron chi connectivity index (χ0n) is 39.0. The maximum absolute atomic E-state index is 10.7. The van der Waals surface area contributed by atoms with Gasteiger partial charge in [-0.05, 0) is 49.4 Å². The molecule has 12 N–H and O–H groups in total. The number of carboxylic acid groups (broad SMARTS) is 4. The van der Waals surface area contributed by atoms with Gasteiger partial charge in [-0.25, -0.2) is 0 Å². The van der Waals surface area contributed by atoms with Crippen molar-refractivity contribution in [2.75, 3.05) is 0 Å². The van der Waals surface area contributed by atoms with Crippen LogP contribution < -0.4 is 22.9 Å². The summed E-state index contributed by atoms with van der Waals surface area (Å²) in [6.07, 6.45) is 11.4. The normalized spacial score (nSPS) is 15.3. The van der Waals surface area contributed by atoms with Crippen LogP contribution in [0.25, 0.3) is 0 Å². The van der Waals surface area contributed by atoms with Crippen molar-refractivity contribution in [1.82, 2.24) is 0 Å². The van der Waals surface area contributed by atoms with Gasteiger partial charge in [0.1, 0.15) is 0 Å². The number of carboxylic acids is 4. The summed E-state index contributed by atoms with van der Waals surface area (Å²) in [4.78, 5) is 84.6. The second kappa shape index (κ2) is 38.9. The monoisotopic (exact) mass is 863 g/mol. The summed E-state index contributed by atoms with van der Waals surface area (Å²) in [6.45, 7) is 24.9. The van der Waals surface area contributed by atoms with Gasteiger partial charge in [0.05, 0.1) is 24.7 Å². The molecular formula is C44H86N4O12. The van der Waals surface area contributed by atoms with E-state index in [9.17, 15) is 38.4 Å². The fourth-order valence-electron chi connectivity index (χ4n) is 6.50. The molecule has 10 atom stereocenters. The maximum atomic E-state index is 10.7. The van der Waals surface area contributed by atoms with Crippen LogP contribution in [0.5, 0.6) is 0 Å². The van der Waals surface area contributed by atoms with Gasteiger partial charge < -0.3 is 43.4 Å². The average molecular weight is 863 g/mol. The Balaban J connectivity index is -0.000000212. The van der Waals surface area contributed by atoms with Gasteiger partial charge in [-0.2, -0.15) is 0 Å². The van der Waals surface area contributed by atoms with Gasteiger partial charge in [-0.3, -0.25) is 38.4 Å². The molecule has 0 bridgehead atoms. The van der Waals surface area contributed by atoms with Gasteiger partial charge in [-0.1, -0.05) is 134 Å². The van der Waals surface area contributed by atoms with E-state index in [4.69, 9.17) is 43.4 Å². The molecule has 16 heteroatoms. The van der Waals surface area contributed by atoms with Crippen LogP contribution in [0.1, 0.15) is 173 Å². The second-order valence-corrected chi connectivity index (χ2v) is 16.8. The SMILES string of the molecule is CCCC(C)CC(C)C(N)=O.CCCC(C)CC(C)C(N)=O.CCCC(C)CC(C)C(N)=O.CCCC(C)CC(C)C(N)=O.O=C(O)CC(C(=O)O)C(CC(=O)O)C(=O)O. The number of hydrogen-bond acceptors (Lipinski definition) is 8. The van der Waals surface area contributed by atoms with E-state index in [1.807, 2.05) is 27.7 Å². The van der Waals surface area contributed by atoms with Crippen molar-refractivity contribution in [2.45, 2.75) is 173 Å². The zero-order valence-corrected chi connectivity index (χ0v) is 39.0. The first kappa shape index (κ1) is 64.9. The quantitative estimate of drug-likeness (QED) is 0.0411. The standard InChI is InChI=1S/4C9H19NO.C8H10O8/c4*1-4-5-7(2)6-8(3)9(10)11;9-5(10)1-3(7(13)14)4(8(15)16)2-6(11)12/h4*7-8H,4-6H2,1-3H3,(H2,10,11);3-4H,1-2H2,(H,9,10)(H,11,12)(H,13,14)(H,15,16). The molecule has 0 aromatic rings. The molecule has 0 saturated carbocycles. The lowest BCUT2D eigenvalue weighted by Crippen LogP contribution is -2.33. The summed E-state index contributed by atoms with van der Waals surface area (Å²) in [7, 11) is 0. The highest BCUT2D eigenvalue weighted by Gasteiger charge is 2.37. The number of rotatable bonds is 27. The minimum atomic E-state index is -1.76. The number of carbonyl (C=O) groups is 8. The van der Waals surface area contributed by atoms with Crippen molar-refractivity contribution in [3.8, 4) is 0 Å². The molecule has 0 saturated heterocycles. The summed E-state index contributed by atoms with van der Waals surface area (Å²) < 4.78 is 0. The lowest BCUT2D eigenvalue weighted by Gasteiger charge is -2.16. The molecule has 0 heterocycles. The molecule has 0 aromatic carbocycles. The van der Waals surface area contributed by atoms with Gasteiger partial charge in [0, 0.05) is 23.7 Å². The molecule has 4 amide bonds. The lowest BCUT2D eigenvalue weighted by molar-refractivity contribution is -0.160. The molecule has 0 aliphatic heterocycles. The molecule has 60 heavy (non-hydrogen) atoms. The predicted molar refractivity (Wildman–Crippen MR) is 235 cm³/mol. The van der Waals surface area contributed by atoms with Crippen LogP contribution in [0.3, 0.4) is 0 Å². The number of amides is 4. The van der Waals surface area contributed by atoms with Gasteiger partial charge in [-0.15, -0.1) is 0 Å². The Morgan fingerprint density at radius 1 is 0.367 bits per heavy atom. The van der Waals surface area contributed by atoms with Crippen LogP contribution in [0.2, 0.25) is 0 Å². The fraction of sp³-hybridized carbons (Fsp3) is 0.818. The first-order valence-electron chi connectivity index (χ1n) is 21.6. The average Bonchev–Trinajstić information content (AvgIpc) is 3.10. The van der Waals surface area contributed by atoms with Crippen molar-refractivity contribution in [3.63, 3.8) is 0 Å². The molecule has 0 aromatic heterocycles. The van der Waals surface area contributed by atoms with E-state index in [0.29, 0.717) is 23.7 Å². The first-order chi connectivity index (χ1) is 27.6. The van der Waals surface area contributed by atoms with Gasteiger partial charge >= 0.3 is 23.9 Å². The summed E-state index contributed by atoms with van der Waals surface area (Å²) in [6, 6.07) is 0. The Hall–Kier alpha value is -4.24. The molecule has 0 fully saturated rings. The van der Waals surface area contributed by atoms with E-state index in [1.54, 1.807) is 0 Å². The molecular weight excluding hydrogens is 777 g/mol. The third-order valence-electron chi connectivity index (χ3n) is 10.0. The minimum absolute atomic E-state index is 0.0385. The van der Waals surface area contributed by atoms with Gasteiger partial charge in [0.2, 0.25) is 23.6 Å². The van der Waals surface area contributed by atoms with Crippen LogP contribution in [0.4, 0.5) is 0 Å². The van der Waals surface area contributed by atoms with Gasteiger partial charge in [0.15, 0.2) is 0 Å². The number of carbonyl (C=O) groups excluding carboxylic acids is 4. The van der Waals surface area contributed by atoms with Crippen LogP contribution in [0.15, 0.2) is 0 Å². The van der Waals surface area contributed by atoms with E-state index in [2.05, 4.69) is 55.4 Å². The smallest absolute Gasteiger partial charge is 0.307 e. The van der Waals surface area contributed by atoms with Crippen molar-refractivity contribution in [2.24, 2.45) is 82.1 Å². The molecule has 0 aliphatic carbocycles. The molecule has 354 valence electrons. The molecule has 0 radical (unpaired) electrons. The van der Waals surface area contributed by atoms with Crippen LogP contribution in [-0.4, -0.2) is 67.9 Å². The number of nitrogens with two attached hydrogens (primary N) is 4. The van der Waals surface area contributed by atoms with E-state index >= 15 is 0 Å². The number of aliphatic carboxylic acids is 4. The fourth-order valence-corrected chi connectivity index (χ4v) is 6.50.